The third-order valence-corrected chi connectivity index (χ3v) is 5.42. The van der Waals surface area contributed by atoms with Gasteiger partial charge in [0.15, 0.2) is 0 Å². The highest BCUT2D eigenvalue weighted by Gasteiger charge is 2.27. The molecule has 0 fully saturated rings. The SMILES string of the molecule is Cc1cc(CCCC(C)(C)C(=O)O)c(C)c(CCCC(C)(C)C(=O)O)c1. The van der Waals surface area contributed by atoms with E-state index in [0.717, 1.165) is 25.7 Å². The quantitative estimate of drug-likeness (QED) is 0.602. The predicted molar refractivity (Wildman–Crippen MR) is 105 cm³/mol. The maximum atomic E-state index is 11.2. The van der Waals surface area contributed by atoms with E-state index in [4.69, 9.17) is 0 Å². The van der Waals surface area contributed by atoms with Gasteiger partial charge in [-0.2, -0.15) is 0 Å². The second kappa shape index (κ2) is 8.70. The smallest absolute Gasteiger partial charge is 0.309 e. The largest absolute Gasteiger partial charge is 0.481 e. The van der Waals surface area contributed by atoms with E-state index in [0.29, 0.717) is 12.8 Å². The predicted octanol–water partition coefficient (Wildman–Crippen LogP) is 5.17. The second-order valence-corrected chi connectivity index (χ2v) is 8.79. The average molecular weight is 363 g/mol. The van der Waals surface area contributed by atoms with Crippen LogP contribution >= 0.6 is 0 Å². The van der Waals surface area contributed by atoms with Gasteiger partial charge >= 0.3 is 11.9 Å². The summed E-state index contributed by atoms with van der Waals surface area (Å²) in [6.07, 6.45) is 4.73. The molecule has 0 aliphatic rings. The lowest BCUT2D eigenvalue weighted by Crippen LogP contribution is -2.23. The van der Waals surface area contributed by atoms with Gasteiger partial charge in [-0.3, -0.25) is 9.59 Å². The highest BCUT2D eigenvalue weighted by atomic mass is 16.4. The molecule has 0 saturated carbocycles. The fraction of sp³-hybridized carbons (Fsp3) is 0.636. The number of aliphatic carboxylic acids is 2. The van der Waals surface area contributed by atoms with Crippen LogP contribution in [0.15, 0.2) is 12.1 Å². The molecular formula is C22H34O4. The van der Waals surface area contributed by atoms with Crippen LogP contribution in [0.2, 0.25) is 0 Å². The number of carboxylic acids is 2. The molecule has 0 heterocycles. The summed E-state index contributed by atoms with van der Waals surface area (Å²) in [7, 11) is 0. The second-order valence-electron chi connectivity index (χ2n) is 8.79. The van der Waals surface area contributed by atoms with Crippen molar-refractivity contribution in [2.75, 3.05) is 0 Å². The fourth-order valence-corrected chi connectivity index (χ4v) is 3.19. The Morgan fingerprint density at radius 1 is 0.808 bits per heavy atom. The van der Waals surface area contributed by atoms with Crippen LogP contribution in [-0.4, -0.2) is 22.2 Å². The summed E-state index contributed by atoms with van der Waals surface area (Å²) in [6.45, 7) is 11.3. The van der Waals surface area contributed by atoms with Crippen molar-refractivity contribution >= 4 is 11.9 Å². The Balaban J connectivity index is 2.76. The number of benzene rings is 1. The monoisotopic (exact) mass is 362 g/mol. The first-order chi connectivity index (χ1) is 11.9. The lowest BCUT2D eigenvalue weighted by atomic mass is 9.84. The van der Waals surface area contributed by atoms with Crippen LogP contribution in [0.1, 0.15) is 75.6 Å². The summed E-state index contributed by atoms with van der Waals surface area (Å²) in [5.41, 5.74) is 3.64. The van der Waals surface area contributed by atoms with Gasteiger partial charge in [-0.25, -0.2) is 0 Å². The summed E-state index contributed by atoms with van der Waals surface area (Å²) in [4.78, 5) is 22.5. The first-order valence-corrected chi connectivity index (χ1v) is 9.42. The standard InChI is InChI=1S/C22H34O4/c1-15-13-17(9-7-11-21(3,4)19(23)24)16(2)18(14-15)10-8-12-22(5,6)20(25)26/h13-14H,7-12H2,1-6H3,(H,23,24)(H,25,26). The molecule has 1 aromatic rings. The maximum absolute atomic E-state index is 11.2. The number of rotatable bonds is 10. The third kappa shape index (κ3) is 6.15. The minimum absolute atomic E-state index is 0.651. The van der Waals surface area contributed by atoms with Crippen LogP contribution in [-0.2, 0) is 22.4 Å². The Morgan fingerprint density at radius 2 is 1.15 bits per heavy atom. The van der Waals surface area contributed by atoms with Gasteiger partial charge in [0.1, 0.15) is 0 Å². The van der Waals surface area contributed by atoms with Gasteiger partial charge in [-0.15, -0.1) is 0 Å². The molecule has 0 saturated heterocycles. The first-order valence-electron chi connectivity index (χ1n) is 9.42. The van der Waals surface area contributed by atoms with Crippen molar-refractivity contribution in [2.45, 2.75) is 80.1 Å². The molecule has 0 aliphatic carbocycles. The van der Waals surface area contributed by atoms with Crippen molar-refractivity contribution in [3.63, 3.8) is 0 Å². The Morgan fingerprint density at radius 3 is 1.46 bits per heavy atom. The molecule has 0 bridgehead atoms. The van der Waals surface area contributed by atoms with Crippen molar-refractivity contribution in [1.82, 2.24) is 0 Å². The zero-order valence-corrected chi connectivity index (χ0v) is 17.1. The molecule has 0 spiro atoms. The molecule has 0 unspecified atom stereocenters. The molecule has 0 radical (unpaired) electrons. The van der Waals surface area contributed by atoms with E-state index in [9.17, 15) is 19.8 Å². The minimum Gasteiger partial charge on any atom is -0.481 e. The Bertz CT molecular complexity index is 603. The Labute approximate surface area is 157 Å². The molecular weight excluding hydrogens is 328 g/mol. The van der Waals surface area contributed by atoms with Gasteiger partial charge in [-0.05, 0) is 96.8 Å². The molecule has 146 valence electrons. The molecule has 0 aromatic heterocycles. The fourth-order valence-electron chi connectivity index (χ4n) is 3.19. The normalized spacial score (nSPS) is 12.2. The third-order valence-electron chi connectivity index (χ3n) is 5.42. The Kier molecular flexibility index (Phi) is 7.43. The molecule has 0 atom stereocenters. The van der Waals surface area contributed by atoms with Crippen molar-refractivity contribution in [3.8, 4) is 0 Å². The molecule has 4 nitrogen and oxygen atoms in total. The van der Waals surface area contributed by atoms with E-state index in [1.165, 1.54) is 22.3 Å². The number of hydrogen-bond donors (Lipinski definition) is 2. The van der Waals surface area contributed by atoms with Gasteiger partial charge in [-0.1, -0.05) is 17.7 Å². The summed E-state index contributed by atoms with van der Waals surface area (Å²) >= 11 is 0. The average Bonchev–Trinajstić information content (AvgIpc) is 2.50. The van der Waals surface area contributed by atoms with Crippen LogP contribution in [0.4, 0.5) is 0 Å². The van der Waals surface area contributed by atoms with E-state index in [-0.39, 0.29) is 0 Å². The van der Waals surface area contributed by atoms with Gasteiger partial charge in [0.25, 0.3) is 0 Å². The first kappa shape index (κ1) is 22.2. The minimum atomic E-state index is -0.750. The van der Waals surface area contributed by atoms with Crippen molar-refractivity contribution < 1.29 is 19.8 Å². The highest BCUT2D eigenvalue weighted by Crippen LogP contribution is 2.28. The molecule has 0 aliphatic heterocycles. The number of aryl methyl sites for hydroxylation is 3. The Hall–Kier alpha value is -1.84. The van der Waals surface area contributed by atoms with E-state index >= 15 is 0 Å². The van der Waals surface area contributed by atoms with Crippen LogP contribution in [0.3, 0.4) is 0 Å². The summed E-state index contributed by atoms with van der Waals surface area (Å²) in [5.74, 6) is -1.50. The van der Waals surface area contributed by atoms with Crippen LogP contribution in [0, 0.1) is 24.7 Å². The van der Waals surface area contributed by atoms with Crippen LogP contribution in [0.25, 0.3) is 0 Å². The number of carboxylic acid groups (broad SMARTS) is 2. The summed E-state index contributed by atoms with van der Waals surface area (Å²) in [6, 6.07) is 4.38. The van der Waals surface area contributed by atoms with Gasteiger partial charge in [0.05, 0.1) is 10.8 Å². The number of hydrogen-bond acceptors (Lipinski definition) is 2. The highest BCUT2D eigenvalue weighted by molar-refractivity contribution is 5.73. The topological polar surface area (TPSA) is 74.6 Å². The lowest BCUT2D eigenvalue weighted by molar-refractivity contribution is -0.148. The van der Waals surface area contributed by atoms with Crippen molar-refractivity contribution in [1.29, 1.82) is 0 Å². The van der Waals surface area contributed by atoms with Crippen LogP contribution < -0.4 is 0 Å². The number of carbonyl (C=O) groups is 2. The molecule has 1 aromatic carbocycles. The molecule has 0 amide bonds. The van der Waals surface area contributed by atoms with E-state index in [2.05, 4.69) is 26.0 Å². The van der Waals surface area contributed by atoms with E-state index in [1.807, 2.05) is 0 Å². The molecule has 26 heavy (non-hydrogen) atoms. The van der Waals surface area contributed by atoms with Crippen molar-refractivity contribution in [2.24, 2.45) is 10.8 Å². The molecule has 2 N–H and O–H groups in total. The lowest BCUT2D eigenvalue weighted by Gasteiger charge is -2.20. The van der Waals surface area contributed by atoms with Gasteiger partial charge in [0, 0.05) is 0 Å². The van der Waals surface area contributed by atoms with E-state index < -0.39 is 22.8 Å². The summed E-state index contributed by atoms with van der Waals surface area (Å²) < 4.78 is 0. The molecule has 1 rings (SSSR count). The zero-order chi connectivity index (χ0) is 20.1. The maximum Gasteiger partial charge on any atom is 0.309 e. The van der Waals surface area contributed by atoms with Gasteiger partial charge < -0.3 is 10.2 Å². The zero-order valence-electron chi connectivity index (χ0n) is 17.1. The summed E-state index contributed by atoms with van der Waals surface area (Å²) in [5, 5.41) is 18.5. The van der Waals surface area contributed by atoms with E-state index in [1.54, 1.807) is 27.7 Å². The van der Waals surface area contributed by atoms with Crippen molar-refractivity contribution in [3.05, 3.63) is 34.4 Å². The van der Waals surface area contributed by atoms with Gasteiger partial charge in [0.2, 0.25) is 0 Å². The molecule has 4 heteroatoms. The van der Waals surface area contributed by atoms with Crippen LogP contribution in [0.5, 0.6) is 0 Å².